The Labute approximate surface area is 148 Å². The number of fused-ring (bicyclic) bond motifs is 1. The number of ether oxygens (including phenoxy) is 1. The van der Waals surface area contributed by atoms with Gasteiger partial charge in [0.15, 0.2) is 5.82 Å². The van der Waals surface area contributed by atoms with E-state index in [1.54, 1.807) is 13.2 Å². The standard InChI is InChI=1S/C18H16N6O2/c1-26-11-6-7-14-15(8-11)23-16(22-14)9-19-18(25)13-5-3-2-4-12(13)17-20-10-21-24-17/h2-8,10H,9H2,1H3,(H,19,25)(H,22,23)(H,20,21,24). The lowest BCUT2D eigenvalue weighted by atomic mass is 10.1. The molecule has 3 N–H and O–H groups in total. The van der Waals surface area contributed by atoms with E-state index in [1.807, 2.05) is 36.4 Å². The van der Waals surface area contributed by atoms with E-state index < -0.39 is 0 Å². The van der Waals surface area contributed by atoms with Crippen molar-refractivity contribution in [3.05, 3.63) is 60.2 Å². The number of carbonyl (C=O) groups excluding carboxylic acids is 1. The van der Waals surface area contributed by atoms with Crippen molar-refractivity contribution < 1.29 is 9.53 Å². The van der Waals surface area contributed by atoms with E-state index >= 15 is 0 Å². The van der Waals surface area contributed by atoms with Crippen LogP contribution in [0.3, 0.4) is 0 Å². The number of nitrogens with one attached hydrogen (secondary N) is 3. The zero-order valence-electron chi connectivity index (χ0n) is 14.0. The zero-order valence-corrected chi connectivity index (χ0v) is 14.0. The molecule has 0 radical (unpaired) electrons. The van der Waals surface area contributed by atoms with Gasteiger partial charge < -0.3 is 15.0 Å². The number of methoxy groups -OCH3 is 1. The fourth-order valence-electron chi connectivity index (χ4n) is 2.73. The van der Waals surface area contributed by atoms with Crippen LogP contribution in [-0.2, 0) is 6.54 Å². The van der Waals surface area contributed by atoms with Crippen molar-refractivity contribution in [1.29, 1.82) is 0 Å². The number of hydrogen-bond donors (Lipinski definition) is 3. The molecule has 0 saturated carbocycles. The van der Waals surface area contributed by atoms with Crippen molar-refractivity contribution in [3.63, 3.8) is 0 Å². The molecule has 2 heterocycles. The second-order valence-electron chi connectivity index (χ2n) is 5.63. The number of nitrogens with zero attached hydrogens (tertiary/aromatic N) is 3. The molecule has 0 aliphatic rings. The number of benzene rings is 2. The zero-order chi connectivity index (χ0) is 17.9. The van der Waals surface area contributed by atoms with Crippen LogP contribution in [0, 0.1) is 0 Å². The predicted octanol–water partition coefficient (Wildman–Crippen LogP) is 2.29. The first kappa shape index (κ1) is 15.8. The van der Waals surface area contributed by atoms with Crippen LogP contribution in [0.1, 0.15) is 16.2 Å². The van der Waals surface area contributed by atoms with Crippen LogP contribution in [0.15, 0.2) is 48.8 Å². The highest BCUT2D eigenvalue weighted by atomic mass is 16.5. The number of rotatable bonds is 5. The Bertz CT molecular complexity index is 1050. The van der Waals surface area contributed by atoms with Gasteiger partial charge in [-0.2, -0.15) is 5.10 Å². The smallest absolute Gasteiger partial charge is 0.252 e. The van der Waals surface area contributed by atoms with Crippen molar-refractivity contribution in [1.82, 2.24) is 30.5 Å². The summed E-state index contributed by atoms with van der Waals surface area (Å²) in [4.78, 5) is 24.4. The highest BCUT2D eigenvalue weighted by Crippen LogP contribution is 2.20. The van der Waals surface area contributed by atoms with Gasteiger partial charge in [0.25, 0.3) is 5.91 Å². The van der Waals surface area contributed by atoms with Crippen molar-refractivity contribution in [2.75, 3.05) is 7.11 Å². The summed E-state index contributed by atoms with van der Waals surface area (Å²) in [5, 5.41) is 9.50. The minimum atomic E-state index is -0.213. The molecule has 0 bridgehead atoms. The van der Waals surface area contributed by atoms with E-state index in [-0.39, 0.29) is 12.5 Å². The van der Waals surface area contributed by atoms with Crippen LogP contribution in [0.5, 0.6) is 5.75 Å². The molecule has 4 rings (SSSR count). The van der Waals surface area contributed by atoms with Crippen LogP contribution >= 0.6 is 0 Å². The summed E-state index contributed by atoms with van der Waals surface area (Å²) in [7, 11) is 1.62. The third kappa shape index (κ3) is 3.00. The molecule has 8 nitrogen and oxygen atoms in total. The molecule has 0 aliphatic heterocycles. The monoisotopic (exact) mass is 348 g/mol. The average Bonchev–Trinajstić information content (AvgIpc) is 3.34. The number of aromatic nitrogens is 5. The number of imidazole rings is 1. The number of carbonyl (C=O) groups is 1. The van der Waals surface area contributed by atoms with Crippen molar-refractivity contribution >= 4 is 16.9 Å². The molecule has 2 aromatic carbocycles. The van der Waals surface area contributed by atoms with Gasteiger partial charge in [-0.05, 0) is 18.2 Å². The molecule has 0 atom stereocenters. The Morgan fingerprint density at radius 2 is 2.12 bits per heavy atom. The maximum atomic E-state index is 12.6. The highest BCUT2D eigenvalue weighted by molar-refractivity contribution is 6.00. The van der Waals surface area contributed by atoms with Gasteiger partial charge in [0.2, 0.25) is 0 Å². The lowest BCUT2D eigenvalue weighted by Crippen LogP contribution is -2.24. The van der Waals surface area contributed by atoms with Crippen molar-refractivity contribution in [2.24, 2.45) is 0 Å². The minimum absolute atomic E-state index is 0.213. The number of aromatic amines is 2. The Morgan fingerprint density at radius 3 is 2.92 bits per heavy atom. The minimum Gasteiger partial charge on any atom is -0.497 e. The lowest BCUT2D eigenvalue weighted by molar-refractivity contribution is 0.0950. The third-order valence-corrected chi connectivity index (χ3v) is 4.00. The van der Waals surface area contributed by atoms with Gasteiger partial charge in [0.1, 0.15) is 17.9 Å². The molecule has 0 unspecified atom stereocenters. The van der Waals surface area contributed by atoms with Crippen LogP contribution < -0.4 is 10.1 Å². The van der Waals surface area contributed by atoms with Crippen LogP contribution in [0.25, 0.3) is 22.4 Å². The molecule has 8 heteroatoms. The molecule has 130 valence electrons. The summed E-state index contributed by atoms with van der Waals surface area (Å²) < 4.78 is 5.20. The van der Waals surface area contributed by atoms with E-state index in [4.69, 9.17) is 4.74 Å². The molecule has 2 aromatic heterocycles. The van der Waals surface area contributed by atoms with Crippen LogP contribution in [0.4, 0.5) is 0 Å². The Hall–Kier alpha value is -3.68. The average molecular weight is 348 g/mol. The van der Waals surface area contributed by atoms with Gasteiger partial charge >= 0.3 is 0 Å². The molecule has 0 spiro atoms. The molecule has 4 aromatic rings. The molecular weight excluding hydrogens is 332 g/mol. The number of hydrogen-bond acceptors (Lipinski definition) is 5. The van der Waals surface area contributed by atoms with Crippen molar-refractivity contribution in [2.45, 2.75) is 6.54 Å². The number of amides is 1. The molecule has 0 aliphatic carbocycles. The second-order valence-corrected chi connectivity index (χ2v) is 5.63. The maximum Gasteiger partial charge on any atom is 0.252 e. The second kappa shape index (κ2) is 6.67. The first-order chi connectivity index (χ1) is 12.7. The molecule has 1 amide bonds. The van der Waals surface area contributed by atoms with Crippen LogP contribution in [-0.4, -0.2) is 38.2 Å². The normalized spacial score (nSPS) is 10.8. The quantitative estimate of drug-likeness (QED) is 0.513. The van der Waals surface area contributed by atoms with Gasteiger partial charge in [0, 0.05) is 11.6 Å². The molecule has 0 fully saturated rings. The summed E-state index contributed by atoms with van der Waals surface area (Å²) in [5.41, 5.74) is 2.88. The van der Waals surface area contributed by atoms with E-state index in [1.165, 1.54) is 6.33 Å². The Morgan fingerprint density at radius 1 is 1.23 bits per heavy atom. The van der Waals surface area contributed by atoms with Gasteiger partial charge in [-0.3, -0.25) is 9.89 Å². The van der Waals surface area contributed by atoms with E-state index in [2.05, 4.69) is 30.5 Å². The largest absolute Gasteiger partial charge is 0.497 e. The Kier molecular flexibility index (Phi) is 4.06. The SMILES string of the molecule is COc1ccc2nc(CNC(=O)c3ccccc3-c3ncn[nH]3)[nH]c2c1. The Balaban J connectivity index is 1.53. The fourth-order valence-corrected chi connectivity index (χ4v) is 2.73. The molecular formula is C18H16N6O2. The summed E-state index contributed by atoms with van der Waals surface area (Å²) in [6.07, 6.45) is 1.41. The van der Waals surface area contributed by atoms with Gasteiger partial charge in [-0.25, -0.2) is 9.97 Å². The highest BCUT2D eigenvalue weighted by Gasteiger charge is 2.14. The fraction of sp³-hybridized carbons (Fsp3) is 0.111. The summed E-state index contributed by atoms with van der Waals surface area (Å²) in [6.45, 7) is 0.278. The molecule has 0 saturated heterocycles. The first-order valence-electron chi connectivity index (χ1n) is 8.00. The summed E-state index contributed by atoms with van der Waals surface area (Å²) >= 11 is 0. The maximum absolute atomic E-state index is 12.6. The molecule has 26 heavy (non-hydrogen) atoms. The van der Waals surface area contributed by atoms with E-state index in [0.29, 0.717) is 22.8 Å². The summed E-state index contributed by atoms with van der Waals surface area (Å²) in [6, 6.07) is 12.8. The van der Waals surface area contributed by atoms with Gasteiger partial charge in [-0.1, -0.05) is 18.2 Å². The summed E-state index contributed by atoms with van der Waals surface area (Å²) in [5.74, 6) is 1.75. The van der Waals surface area contributed by atoms with E-state index in [9.17, 15) is 4.79 Å². The lowest BCUT2D eigenvalue weighted by Gasteiger charge is -2.07. The number of H-pyrrole nitrogens is 2. The van der Waals surface area contributed by atoms with Gasteiger partial charge in [-0.15, -0.1) is 0 Å². The first-order valence-corrected chi connectivity index (χ1v) is 8.00. The topological polar surface area (TPSA) is 109 Å². The van der Waals surface area contributed by atoms with Crippen LogP contribution in [0.2, 0.25) is 0 Å². The van der Waals surface area contributed by atoms with Crippen molar-refractivity contribution in [3.8, 4) is 17.1 Å². The van der Waals surface area contributed by atoms with Gasteiger partial charge in [0.05, 0.1) is 30.3 Å². The predicted molar refractivity (Wildman–Crippen MR) is 95.6 cm³/mol. The van der Waals surface area contributed by atoms with E-state index in [0.717, 1.165) is 16.8 Å². The third-order valence-electron chi connectivity index (χ3n) is 4.00.